The summed E-state index contributed by atoms with van der Waals surface area (Å²) in [6.45, 7) is 0.782. The van der Waals surface area contributed by atoms with E-state index in [0.29, 0.717) is 10.0 Å². The van der Waals surface area contributed by atoms with Crippen LogP contribution in [0.3, 0.4) is 0 Å². The monoisotopic (exact) mass is 335 g/mol. The molecule has 1 atom stereocenters. The molecular formula is C11H9BrF3N3O. The van der Waals surface area contributed by atoms with Crippen LogP contribution in [0.5, 0.6) is 0 Å². The van der Waals surface area contributed by atoms with Crippen LogP contribution in [0.4, 0.5) is 13.2 Å². The number of hydrogen-bond donors (Lipinski definition) is 1. The highest BCUT2D eigenvalue weighted by molar-refractivity contribution is 9.10. The lowest BCUT2D eigenvalue weighted by molar-refractivity contribution is -0.190. The molecule has 2 N–H and O–H groups in total. The summed E-state index contributed by atoms with van der Waals surface area (Å²) in [5.41, 5.74) is 3.05. The van der Waals surface area contributed by atoms with E-state index in [1.54, 1.807) is 24.3 Å². The van der Waals surface area contributed by atoms with Crippen LogP contribution in [0.25, 0.3) is 11.4 Å². The molecule has 0 aliphatic rings. The zero-order chi connectivity index (χ0) is 14.3. The molecule has 2 aromatic rings. The molecule has 0 fully saturated rings. The summed E-state index contributed by atoms with van der Waals surface area (Å²) in [7, 11) is 0. The Labute approximate surface area is 114 Å². The molecule has 0 bridgehead atoms. The van der Waals surface area contributed by atoms with Crippen molar-refractivity contribution in [3.8, 4) is 11.4 Å². The molecule has 19 heavy (non-hydrogen) atoms. The largest absolute Gasteiger partial charge is 0.415 e. The van der Waals surface area contributed by atoms with E-state index in [9.17, 15) is 13.2 Å². The quantitative estimate of drug-likeness (QED) is 0.914. The van der Waals surface area contributed by atoms with Gasteiger partial charge in [0.1, 0.15) is 0 Å². The second-order valence-corrected chi connectivity index (χ2v) is 4.96. The molecule has 102 valence electrons. The highest BCUT2D eigenvalue weighted by Crippen LogP contribution is 2.36. The van der Waals surface area contributed by atoms with Crippen molar-refractivity contribution in [2.75, 3.05) is 0 Å². The Balaban J connectivity index is 2.43. The predicted molar refractivity (Wildman–Crippen MR) is 65.0 cm³/mol. The molecular weight excluding hydrogens is 327 g/mol. The van der Waals surface area contributed by atoms with Crippen molar-refractivity contribution in [3.05, 3.63) is 34.6 Å². The van der Waals surface area contributed by atoms with Gasteiger partial charge in [-0.2, -0.15) is 18.2 Å². The lowest BCUT2D eigenvalue weighted by Crippen LogP contribution is -2.47. The van der Waals surface area contributed by atoms with Gasteiger partial charge < -0.3 is 10.3 Å². The van der Waals surface area contributed by atoms with E-state index in [4.69, 9.17) is 5.73 Å². The Morgan fingerprint density at radius 2 is 1.89 bits per heavy atom. The minimum Gasteiger partial charge on any atom is -0.337 e. The predicted octanol–water partition coefficient (Wildman–Crippen LogP) is 3.24. The Morgan fingerprint density at radius 1 is 1.26 bits per heavy atom. The molecule has 1 unspecified atom stereocenters. The van der Waals surface area contributed by atoms with Crippen molar-refractivity contribution >= 4 is 15.9 Å². The molecule has 1 aromatic heterocycles. The fourth-order valence-corrected chi connectivity index (χ4v) is 1.77. The lowest BCUT2D eigenvalue weighted by atomic mass is 10.0. The SMILES string of the molecule is CC(N)(c1nc(-c2ccccc2Br)no1)C(F)(F)F. The van der Waals surface area contributed by atoms with Crippen LogP contribution >= 0.6 is 15.9 Å². The van der Waals surface area contributed by atoms with Crippen molar-refractivity contribution in [3.63, 3.8) is 0 Å². The fraction of sp³-hybridized carbons (Fsp3) is 0.273. The van der Waals surface area contributed by atoms with Gasteiger partial charge in [0.25, 0.3) is 5.89 Å². The molecule has 0 aliphatic heterocycles. The van der Waals surface area contributed by atoms with E-state index in [-0.39, 0.29) is 5.82 Å². The molecule has 0 spiro atoms. The summed E-state index contributed by atoms with van der Waals surface area (Å²) in [6.07, 6.45) is -4.68. The van der Waals surface area contributed by atoms with Gasteiger partial charge in [0.2, 0.25) is 5.82 Å². The van der Waals surface area contributed by atoms with Gasteiger partial charge in [0.15, 0.2) is 5.54 Å². The Morgan fingerprint density at radius 3 is 2.47 bits per heavy atom. The first-order valence-electron chi connectivity index (χ1n) is 5.18. The zero-order valence-corrected chi connectivity index (χ0v) is 11.3. The van der Waals surface area contributed by atoms with Crippen LogP contribution in [0.1, 0.15) is 12.8 Å². The normalized spacial score (nSPS) is 15.3. The first-order chi connectivity index (χ1) is 8.73. The minimum atomic E-state index is -4.68. The molecule has 2 rings (SSSR count). The number of aromatic nitrogens is 2. The minimum absolute atomic E-state index is 0.0448. The maximum absolute atomic E-state index is 12.7. The van der Waals surface area contributed by atoms with Crippen LogP contribution in [0, 0.1) is 0 Å². The number of halogens is 4. The second-order valence-electron chi connectivity index (χ2n) is 4.10. The van der Waals surface area contributed by atoms with Crippen LogP contribution in [0.2, 0.25) is 0 Å². The van der Waals surface area contributed by atoms with Gasteiger partial charge in [-0.25, -0.2) is 0 Å². The second kappa shape index (κ2) is 4.61. The molecule has 0 radical (unpaired) electrons. The lowest BCUT2D eigenvalue weighted by Gasteiger charge is -2.22. The third kappa shape index (κ3) is 2.50. The molecule has 0 aliphatic carbocycles. The van der Waals surface area contributed by atoms with E-state index in [0.717, 1.165) is 6.92 Å². The van der Waals surface area contributed by atoms with Gasteiger partial charge in [0, 0.05) is 10.0 Å². The van der Waals surface area contributed by atoms with Crippen molar-refractivity contribution < 1.29 is 17.7 Å². The smallest absolute Gasteiger partial charge is 0.337 e. The summed E-state index contributed by atoms with van der Waals surface area (Å²) in [5.74, 6) is -0.630. The number of alkyl halides is 3. The topological polar surface area (TPSA) is 64.9 Å². The van der Waals surface area contributed by atoms with Gasteiger partial charge in [0.05, 0.1) is 0 Å². The highest BCUT2D eigenvalue weighted by atomic mass is 79.9. The van der Waals surface area contributed by atoms with E-state index in [1.807, 2.05) is 0 Å². The molecule has 0 saturated carbocycles. The Bertz CT molecular complexity index is 595. The molecule has 1 aromatic carbocycles. The third-order valence-electron chi connectivity index (χ3n) is 2.57. The summed E-state index contributed by atoms with van der Waals surface area (Å²) in [5, 5.41) is 3.53. The molecule has 1 heterocycles. The average Bonchev–Trinajstić information content (AvgIpc) is 2.77. The number of nitrogens with zero attached hydrogens (tertiary/aromatic N) is 2. The van der Waals surface area contributed by atoms with Crippen molar-refractivity contribution in [2.45, 2.75) is 18.6 Å². The van der Waals surface area contributed by atoms with Crippen LogP contribution in [-0.2, 0) is 5.54 Å². The van der Waals surface area contributed by atoms with Gasteiger partial charge in [-0.3, -0.25) is 0 Å². The number of rotatable bonds is 2. The summed E-state index contributed by atoms with van der Waals surface area (Å²) in [4.78, 5) is 3.73. The average molecular weight is 336 g/mol. The first kappa shape index (κ1) is 14.0. The van der Waals surface area contributed by atoms with Crippen molar-refractivity contribution in [1.29, 1.82) is 0 Å². The Hall–Kier alpha value is -1.41. The van der Waals surface area contributed by atoms with Crippen LogP contribution < -0.4 is 5.73 Å². The van der Waals surface area contributed by atoms with Gasteiger partial charge in [-0.15, -0.1) is 0 Å². The standard InChI is InChI=1S/C11H9BrF3N3O/c1-10(16,11(13,14)15)9-17-8(18-19-9)6-4-2-3-5-7(6)12/h2-5H,16H2,1H3. The van der Waals surface area contributed by atoms with Gasteiger partial charge >= 0.3 is 6.18 Å². The van der Waals surface area contributed by atoms with Gasteiger partial charge in [-0.1, -0.05) is 33.2 Å². The first-order valence-corrected chi connectivity index (χ1v) is 5.97. The van der Waals surface area contributed by atoms with E-state index in [2.05, 4.69) is 30.6 Å². The molecule has 0 amide bonds. The molecule has 4 nitrogen and oxygen atoms in total. The zero-order valence-electron chi connectivity index (χ0n) is 9.70. The van der Waals surface area contributed by atoms with E-state index < -0.39 is 17.6 Å². The Kier molecular flexibility index (Phi) is 3.40. The number of benzene rings is 1. The fourth-order valence-electron chi connectivity index (χ4n) is 1.31. The van der Waals surface area contributed by atoms with Crippen LogP contribution in [-0.4, -0.2) is 16.3 Å². The molecule has 8 heteroatoms. The maximum atomic E-state index is 12.7. The van der Waals surface area contributed by atoms with E-state index in [1.165, 1.54) is 0 Å². The van der Waals surface area contributed by atoms with Gasteiger partial charge in [-0.05, 0) is 19.1 Å². The van der Waals surface area contributed by atoms with Crippen molar-refractivity contribution in [2.24, 2.45) is 5.73 Å². The van der Waals surface area contributed by atoms with Crippen molar-refractivity contribution in [1.82, 2.24) is 10.1 Å². The molecule has 0 saturated heterocycles. The third-order valence-corrected chi connectivity index (χ3v) is 3.27. The van der Waals surface area contributed by atoms with Crippen LogP contribution in [0.15, 0.2) is 33.3 Å². The summed E-state index contributed by atoms with van der Waals surface area (Å²) < 4.78 is 43.5. The number of nitrogens with two attached hydrogens (primary N) is 1. The highest BCUT2D eigenvalue weighted by Gasteiger charge is 2.53. The number of hydrogen-bond acceptors (Lipinski definition) is 4. The summed E-state index contributed by atoms with van der Waals surface area (Å²) >= 11 is 3.26. The maximum Gasteiger partial charge on any atom is 0.415 e. The summed E-state index contributed by atoms with van der Waals surface area (Å²) in [6, 6.07) is 6.84. The van der Waals surface area contributed by atoms with E-state index >= 15 is 0 Å².